The minimum Gasteiger partial charge on any atom is -0.352 e. The van der Waals surface area contributed by atoms with Gasteiger partial charge in [0, 0.05) is 6.04 Å². The smallest absolute Gasteiger partial charge is 0.264 e. The predicted molar refractivity (Wildman–Crippen MR) is 111 cm³/mol. The molecule has 1 N–H and O–H groups in total. The van der Waals surface area contributed by atoms with Gasteiger partial charge in [0.25, 0.3) is 10.0 Å². The molecule has 0 radical (unpaired) electrons. The number of piperidine rings is 1. The van der Waals surface area contributed by atoms with Gasteiger partial charge < -0.3 is 10.2 Å². The number of amides is 1. The molecule has 1 aliphatic heterocycles. The van der Waals surface area contributed by atoms with Crippen LogP contribution in [0.5, 0.6) is 0 Å². The number of nitrogens with zero attached hydrogens (tertiary/aromatic N) is 2. The summed E-state index contributed by atoms with van der Waals surface area (Å²) < 4.78 is 40.9. The Morgan fingerprint density at radius 3 is 2.28 bits per heavy atom. The summed E-state index contributed by atoms with van der Waals surface area (Å²) in [5.41, 5.74) is 1.17. The van der Waals surface area contributed by atoms with Gasteiger partial charge in [0.05, 0.1) is 10.6 Å². The first-order valence-electron chi connectivity index (χ1n) is 9.58. The van der Waals surface area contributed by atoms with E-state index in [1.54, 1.807) is 12.1 Å². The zero-order valence-corrected chi connectivity index (χ0v) is 17.5. The zero-order valence-electron chi connectivity index (χ0n) is 16.6. The van der Waals surface area contributed by atoms with Gasteiger partial charge in [-0.2, -0.15) is 0 Å². The van der Waals surface area contributed by atoms with Crippen molar-refractivity contribution >= 4 is 21.6 Å². The molecule has 0 bridgehead atoms. The lowest BCUT2D eigenvalue weighted by Crippen LogP contribution is -2.47. The van der Waals surface area contributed by atoms with E-state index in [4.69, 9.17) is 0 Å². The highest BCUT2D eigenvalue weighted by atomic mass is 32.2. The van der Waals surface area contributed by atoms with Crippen LogP contribution in [0.3, 0.4) is 0 Å². The molecule has 8 heteroatoms. The van der Waals surface area contributed by atoms with E-state index in [0.29, 0.717) is 0 Å². The SMILES string of the molecule is Cc1ccc(S(=O)(=O)N(CC(=O)NC2CCN(C)CC2)c2ccc(F)cc2)cc1. The minimum atomic E-state index is -3.99. The van der Waals surface area contributed by atoms with Gasteiger partial charge in [-0.15, -0.1) is 0 Å². The van der Waals surface area contributed by atoms with E-state index in [2.05, 4.69) is 10.2 Å². The molecule has 1 saturated heterocycles. The van der Waals surface area contributed by atoms with Crippen LogP contribution in [0, 0.1) is 12.7 Å². The van der Waals surface area contributed by atoms with Gasteiger partial charge in [-0.05, 0) is 76.3 Å². The third-order valence-electron chi connectivity index (χ3n) is 5.09. The lowest BCUT2D eigenvalue weighted by Gasteiger charge is -2.30. The maximum absolute atomic E-state index is 13.4. The van der Waals surface area contributed by atoms with Crippen LogP contribution in [-0.4, -0.2) is 51.9 Å². The molecule has 1 aliphatic rings. The fourth-order valence-electron chi connectivity index (χ4n) is 3.32. The van der Waals surface area contributed by atoms with Crippen LogP contribution < -0.4 is 9.62 Å². The van der Waals surface area contributed by atoms with Crippen LogP contribution in [-0.2, 0) is 14.8 Å². The second-order valence-electron chi connectivity index (χ2n) is 7.45. The number of benzene rings is 2. The predicted octanol–water partition coefficient (Wildman–Crippen LogP) is 2.54. The largest absolute Gasteiger partial charge is 0.352 e. The highest BCUT2D eigenvalue weighted by Gasteiger charge is 2.28. The van der Waals surface area contributed by atoms with E-state index in [1.807, 2.05) is 14.0 Å². The van der Waals surface area contributed by atoms with Gasteiger partial charge in [0.2, 0.25) is 5.91 Å². The summed E-state index contributed by atoms with van der Waals surface area (Å²) in [6, 6.07) is 11.5. The van der Waals surface area contributed by atoms with Gasteiger partial charge in [0.15, 0.2) is 0 Å². The van der Waals surface area contributed by atoms with Gasteiger partial charge in [-0.25, -0.2) is 12.8 Å². The van der Waals surface area contributed by atoms with Gasteiger partial charge in [0.1, 0.15) is 12.4 Å². The van der Waals surface area contributed by atoms with E-state index in [9.17, 15) is 17.6 Å². The fourth-order valence-corrected chi connectivity index (χ4v) is 4.74. The van der Waals surface area contributed by atoms with Gasteiger partial charge >= 0.3 is 0 Å². The van der Waals surface area contributed by atoms with Gasteiger partial charge in [-0.3, -0.25) is 9.10 Å². The van der Waals surface area contributed by atoms with Crippen molar-refractivity contribution in [3.05, 3.63) is 59.9 Å². The van der Waals surface area contributed by atoms with Crippen LogP contribution in [0.25, 0.3) is 0 Å². The molecule has 0 aromatic heterocycles. The van der Waals surface area contributed by atoms with Crippen molar-refractivity contribution < 1.29 is 17.6 Å². The first-order valence-corrected chi connectivity index (χ1v) is 11.0. The van der Waals surface area contributed by atoms with E-state index in [1.165, 1.54) is 36.4 Å². The first kappa shape index (κ1) is 21.3. The molecule has 0 aliphatic carbocycles. The topological polar surface area (TPSA) is 69.7 Å². The van der Waals surface area contributed by atoms with Crippen molar-refractivity contribution in [3.8, 4) is 0 Å². The maximum atomic E-state index is 13.4. The van der Waals surface area contributed by atoms with Crippen molar-refractivity contribution in [3.63, 3.8) is 0 Å². The third-order valence-corrected chi connectivity index (χ3v) is 6.88. The molecule has 29 heavy (non-hydrogen) atoms. The Balaban J connectivity index is 1.84. The lowest BCUT2D eigenvalue weighted by molar-refractivity contribution is -0.120. The number of aryl methyl sites for hydroxylation is 1. The lowest BCUT2D eigenvalue weighted by atomic mass is 10.1. The monoisotopic (exact) mass is 419 g/mol. The number of hydrogen-bond acceptors (Lipinski definition) is 4. The standard InChI is InChI=1S/C21H26FN3O3S/c1-16-3-9-20(10-4-16)29(27,28)25(19-7-5-17(22)6-8-19)15-21(26)23-18-11-13-24(2)14-12-18/h3-10,18H,11-15H2,1-2H3,(H,23,26). The van der Waals surface area contributed by atoms with E-state index in [0.717, 1.165) is 35.8 Å². The van der Waals surface area contributed by atoms with E-state index in [-0.39, 0.29) is 29.1 Å². The molecule has 6 nitrogen and oxygen atoms in total. The number of anilines is 1. The summed E-state index contributed by atoms with van der Waals surface area (Å²) in [5, 5.41) is 2.94. The summed E-state index contributed by atoms with van der Waals surface area (Å²) in [4.78, 5) is 14.9. The second-order valence-corrected chi connectivity index (χ2v) is 9.31. The quantitative estimate of drug-likeness (QED) is 0.781. The Morgan fingerprint density at radius 1 is 1.10 bits per heavy atom. The van der Waals surface area contributed by atoms with E-state index >= 15 is 0 Å². The van der Waals surface area contributed by atoms with Crippen molar-refractivity contribution in [1.29, 1.82) is 0 Å². The molecular formula is C21H26FN3O3S. The number of likely N-dealkylation sites (tertiary alicyclic amines) is 1. The number of carbonyl (C=O) groups is 1. The van der Waals surface area contributed by atoms with Crippen LogP contribution in [0.4, 0.5) is 10.1 Å². The number of carbonyl (C=O) groups excluding carboxylic acids is 1. The highest BCUT2D eigenvalue weighted by molar-refractivity contribution is 7.92. The molecule has 2 aromatic carbocycles. The molecule has 0 atom stereocenters. The number of hydrogen-bond donors (Lipinski definition) is 1. The zero-order chi connectivity index (χ0) is 21.0. The summed E-state index contributed by atoms with van der Waals surface area (Å²) in [6.07, 6.45) is 1.65. The Kier molecular flexibility index (Phi) is 6.54. The average molecular weight is 420 g/mol. The molecule has 2 aromatic rings. The van der Waals surface area contributed by atoms with Crippen molar-refractivity contribution in [2.75, 3.05) is 31.0 Å². The Labute approximate surface area is 171 Å². The molecule has 0 saturated carbocycles. The maximum Gasteiger partial charge on any atom is 0.264 e. The molecule has 1 heterocycles. The van der Waals surface area contributed by atoms with Crippen molar-refractivity contribution in [2.24, 2.45) is 0 Å². The number of rotatable bonds is 6. The highest BCUT2D eigenvalue weighted by Crippen LogP contribution is 2.24. The number of halogens is 1. The fraction of sp³-hybridized carbons (Fsp3) is 0.381. The van der Waals surface area contributed by atoms with Crippen LogP contribution in [0.2, 0.25) is 0 Å². The normalized spacial score (nSPS) is 15.8. The van der Waals surface area contributed by atoms with E-state index < -0.39 is 15.8 Å². The van der Waals surface area contributed by atoms with Crippen LogP contribution in [0.15, 0.2) is 53.4 Å². The average Bonchev–Trinajstić information content (AvgIpc) is 2.69. The third kappa shape index (κ3) is 5.33. The number of sulfonamides is 1. The van der Waals surface area contributed by atoms with Crippen LogP contribution in [0.1, 0.15) is 18.4 Å². The second kappa shape index (κ2) is 8.92. The molecule has 1 amide bonds. The summed E-state index contributed by atoms with van der Waals surface area (Å²) in [6.45, 7) is 3.26. The molecule has 3 rings (SSSR count). The molecule has 156 valence electrons. The number of nitrogens with one attached hydrogen (secondary N) is 1. The van der Waals surface area contributed by atoms with Crippen molar-refractivity contribution in [1.82, 2.24) is 10.2 Å². The molecule has 0 unspecified atom stereocenters. The Morgan fingerprint density at radius 2 is 1.69 bits per heavy atom. The van der Waals surface area contributed by atoms with Crippen LogP contribution >= 0.6 is 0 Å². The van der Waals surface area contributed by atoms with Gasteiger partial charge in [-0.1, -0.05) is 17.7 Å². The Hall–Kier alpha value is -2.45. The molecule has 0 spiro atoms. The molecule has 1 fully saturated rings. The van der Waals surface area contributed by atoms with Crippen molar-refractivity contribution in [2.45, 2.75) is 30.7 Å². The first-order chi connectivity index (χ1) is 13.8. The summed E-state index contributed by atoms with van der Waals surface area (Å²) >= 11 is 0. The minimum absolute atomic E-state index is 0.0239. The summed E-state index contributed by atoms with van der Waals surface area (Å²) in [5.74, 6) is -0.850. The summed E-state index contributed by atoms with van der Waals surface area (Å²) in [7, 11) is -1.96. The molecular weight excluding hydrogens is 393 g/mol. The Bertz CT molecular complexity index is 938.